The summed E-state index contributed by atoms with van der Waals surface area (Å²) in [5.74, 6) is 0. The lowest BCUT2D eigenvalue weighted by Crippen LogP contribution is -2.38. The molecule has 1 aliphatic carbocycles. The van der Waals surface area contributed by atoms with E-state index in [1.54, 1.807) is 0 Å². The highest BCUT2D eigenvalue weighted by atomic mass is 14.9. The van der Waals surface area contributed by atoms with Gasteiger partial charge in [0.25, 0.3) is 0 Å². The Morgan fingerprint density at radius 2 is 1.85 bits per heavy atom. The molecule has 20 heavy (non-hydrogen) atoms. The number of hydrogen-bond acceptors (Lipinski definition) is 2. The van der Waals surface area contributed by atoms with E-state index in [-0.39, 0.29) is 0 Å². The first-order valence-electron chi connectivity index (χ1n) is 7.63. The quantitative estimate of drug-likeness (QED) is 0.850. The number of nitrogens with one attached hydrogen (secondary N) is 1. The zero-order valence-corrected chi connectivity index (χ0v) is 13.2. The maximum Gasteiger partial charge on any atom is 0.0766 e. The Labute approximate surface area is 123 Å². The highest BCUT2D eigenvalue weighted by Gasteiger charge is 2.32. The summed E-state index contributed by atoms with van der Waals surface area (Å²) in [6.07, 6.45) is 5.21. The van der Waals surface area contributed by atoms with E-state index in [0.717, 1.165) is 5.56 Å². The van der Waals surface area contributed by atoms with Crippen LogP contribution in [-0.4, -0.2) is 6.04 Å². The van der Waals surface area contributed by atoms with Gasteiger partial charge in [-0.05, 0) is 49.8 Å². The maximum atomic E-state index is 9.18. The molecule has 0 spiro atoms. The van der Waals surface area contributed by atoms with E-state index in [4.69, 9.17) is 0 Å². The Bertz CT molecular complexity index is 491. The maximum absolute atomic E-state index is 9.18. The molecule has 0 bridgehead atoms. The molecule has 1 saturated carbocycles. The van der Waals surface area contributed by atoms with Gasteiger partial charge in [0.05, 0.1) is 11.5 Å². The van der Waals surface area contributed by atoms with Crippen LogP contribution in [0.3, 0.4) is 0 Å². The van der Waals surface area contributed by atoms with E-state index in [2.05, 4.69) is 49.5 Å². The van der Waals surface area contributed by atoms with E-state index >= 15 is 0 Å². The van der Waals surface area contributed by atoms with Crippen LogP contribution in [0.5, 0.6) is 0 Å². The first kappa shape index (κ1) is 14.9. The van der Waals surface area contributed by atoms with Crippen LogP contribution in [0.25, 0.3) is 0 Å². The Hall–Kier alpha value is -1.49. The third-order valence-electron chi connectivity index (χ3n) is 4.73. The van der Waals surface area contributed by atoms with E-state index in [0.29, 0.717) is 11.5 Å². The monoisotopic (exact) mass is 270 g/mol. The molecular weight excluding hydrogens is 244 g/mol. The molecule has 0 radical (unpaired) electrons. The fourth-order valence-corrected chi connectivity index (χ4v) is 3.01. The highest BCUT2D eigenvalue weighted by molar-refractivity contribution is 5.48. The second-order valence-corrected chi connectivity index (χ2v) is 7.25. The van der Waals surface area contributed by atoms with Crippen LogP contribution < -0.4 is 5.32 Å². The molecule has 0 aromatic heterocycles. The van der Waals surface area contributed by atoms with Crippen LogP contribution in [0.4, 0.5) is 5.69 Å². The average Bonchev–Trinajstić information content (AvgIpc) is 2.42. The van der Waals surface area contributed by atoms with Crippen LogP contribution in [0.2, 0.25) is 0 Å². The molecule has 0 amide bonds. The predicted octanol–water partition coefficient (Wildman–Crippen LogP) is 4.87. The van der Waals surface area contributed by atoms with Gasteiger partial charge in [-0.1, -0.05) is 38.8 Å². The standard InChI is InChI=1S/C18H26N2/c1-17(2)12-6-5-7-16(17)20-15-10-8-14(9-11-15)18(3,4)13-19/h8-11,16,20H,5-7,12H2,1-4H3. The van der Waals surface area contributed by atoms with Crippen LogP contribution in [0.1, 0.15) is 58.9 Å². The first-order chi connectivity index (χ1) is 9.35. The van der Waals surface area contributed by atoms with Gasteiger partial charge in [-0.3, -0.25) is 0 Å². The Balaban J connectivity index is 2.10. The molecule has 0 saturated heterocycles. The van der Waals surface area contributed by atoms with Crippen LogP contribution in [-0.2, 0) is 5.41 Å². The van der Waals surface area contributed by atoms with Crippen molar-refractivity contribution in [3.05, 3.63) is 29.8 Å². The summed E-state index contributed by atoms with van der Waals surface area (Å²) in [7, 11) is 0. The Kier molecular flexibility index (Phi) is 4.09. The van der Waals surface area contributed by atoms with Gasteiger partial charge in [-0.15, -0.1) is 0 Å². The number of nitrogens with zero attached hydrogens (tertiary/aromatic N) is 1. The molecule has 1 aromatic carbocycles. The van der Waals surface area contributed by atoms with Gasteiger partial charge >= 0.3 is 0 Å². The van der Waals surface area contributed by atoms with Crippen LogP contribution in [0, 0.1) is 16.7 Å². The second kappa shape index (κ2) is 5.48. The predicted molar refractivity (Wildman–Crippen MR) is 84.7 cm³/mol. The molecule has 1 atom stereocenters. The number of nitriles is 1. The Morgan fingerprint density at radius 3 is 2.40 bits per heavy atom. The number of benzene rings is 1. The molecule has 0 aliphatic heterocycles. The minimum Gasteiger partial charge on any atom is -0.382 e. The third kappa shape index (κ3) is 3.15. The van der Waals surface area contributed by atoms with Crippen LogP contribution >= 0.6 is 0 Å². The molecule has 108 valence electrons. The first-order valence-corrected chi connectivity index (χ1v) is 7.63. The van der Waals surface area contributed by atoms with Crippen molar-refractivity contribution in [3.63, 3.8) is 0 Å². The van der Waals surface area contributed by atoms with E-state index in [1.165, 1.54) is 31.4 Å². The minimum absolute atomic E-state index is 0.364. The van der Waals surface area contributed by atoms with Crippen molar-refractivity contribution < 1.29 is 0 Å². The molecule has 2 nitrogen and oxygen atoms in total. The molecule has 1 N–H and O–H groups in total. The van der Waals surface area contributed by atoms with E-state index in [9.17, 15) is 5.26 Å². The summed E-state index contributed by atoms with van der Waals surface area (Å²) in [6, 6.07) is 11.3. The summed E-state index contributed by atoms with van der Waals surface area (Å²) in [4.78, 5) is 0. The van der Waals surface area contributed by atoms with Gasteiger partial charge in [0.15, 0.2) is 0 Å². The molecule has 1 aromatic rings. The van der Waals surface area contributed by atoms with Crippen molar-refractivity contribution in [2.24, 2.45) is 5.41 Å². The highest BCUT2D eigenvalue weighted by Crippen LogP contribution is 2.37. The summed E-state index contributed by atoms with van der Waals surface area (Å²) >= 11 is 0. The summed E-state index contributed by atoms with van der Waals surface area (Å²) < 4.78 is 0. The van der Waals surface area contributed by atoms with Crippen molar-refractivity contribution >= 4 is 5.69 Å². The molecule has 2 heteroatoms. The lowest BCUT2D eigenvalue weighted by molar-refractivity contribution is 0.217. The number of anilines is 1. The smallest absolute Gasteiger partial charge is 0.0766 e. The minimum atomic E-state index is -0.414. The lowest BCUT2D eigenvalue weighted by Gasteiger charge is -2.39. The van der Waals surface area contributed by atoms with Crippen molar-refractivity contribution in [3.8, 4) is 6.07 Å². The zero-order chi connectivity index (χ0) is 14.8. The van der Waals surface area contributed by atoms with Gasteiger partial charge in [0.1, 0.15) is 0 Å². The number of rotatable bonds is 3. The van der Waals surface area contributed by atoms with Crippen molar-refractivity contribution in [1.29, 1.82) is 5.26 Å². The summed E-state index contributed by atoms with van der Waals surface area (Å²) in [5, 5.41) is 12.9. The van der Waals surface area contributed by atoms with Gasteiger partial charge in [0, 0.05) is 11.7 Å². The van der Waals surface area contributed by atoms with Crippen molar-refractivity contribution in [2.45, 2.75) is 64.8 Å². The molecule has 1 unspecified atom stereocenters. The zero-order valence-electron chi connectivity index (χ0n) is 13.2. The molecule has 2 rings (SSSR count). The number of hydrogen-bond donors (Lipinski definition) is 1. The average molecular weight is 270 g/mol. The fourth-order valence-electron chi connectivity index (χ4n) is 3.01. The van der Waals surface area contributed by atoms with Gasteiger partial charge in [-0.2, -0.15) is 5.26 Å². The SMILES string of the molecule is CC(C)(C#N)c1ccc(NC2CCCCC2(C)C)cc1. The van der Waals surface area contributed by atoms with Crippen molar-refractivity contribution in [2.75, 3.05) is 5.32 Å². The van der Waals surface area contributed by atoms with Gasteiger partial charge < -0.3 is 5.32 Å². The van der Waals surface area contributed by atoms with Crippen molar-refractivity contribution in [1.82, 2.24) is 0 Å². The van der Waals surface area contributed by atoms with E-state index in [1.807, 2.05) is 13.8 Å². The fraction of sp³-hybridized carbons (Fsp3) is 0.611. The van der Waals surface area contributed by atoms with Gasteiger partial charge in [0.2, 0.25) is 0 Å². The molecule has 1 aliphatic rings. The van der Waals surface area contributed by atoms with E-state index < -0.39 is 5.41 Å². The molecule has 1 fully saturated rings. The largest absolute Gasteiger partial charge is 0.382 e. The second-order valence-electron chi connectivity index (χ2n) is 7.25. The third-order valence-corrected chi connectivity index (χ3v) is 4.73. The normalized spacial score (nSPS) is 22.1. The molecule has 0 heterocycles. The topological polar surface area (TPSA) is 35.8 Å². The van der Waals surface area contributed by atoms with Gasteiger partial charge in [-0.25, -0.2) is 0 Å². The lowest BCUT2D eigenvalue weighted by atomic mass is 9.73. The summed E-state index contributed by atoms with van der Waals surface area (Å²) in [5.41, 5.74) is 2.20. The summed E-state index contributed by atoms with van der Waals surface area (Å²) in [6.45, 7) is 8.63. The molecular formula is C18H26N2. The Morgan fingerprint density at radius 1 is 1.20 bits per heavy atom. The van der Waals surface area contributed by atoms with Crippen LogP contribution in [0.15, 0.2) is 24.3 Å².